The quantitative estimate of drug-likeness (QED) is 0.644. The molecule has 0 spiro atoms. The van der Waals surface area contributed by atoms with E-state index in [9.17, 15) is 4.79 Å². The molecule has 1 aliphatic heterocycles. The van der Waals surface area contributed by atoms with E-state index in [0.29, 0.717) is 10.9 Å². The summed E-state index contributed by atoms with van der Waals surface area (Å²) in [4.78, 5) is 15.1. The fraction of sp³-hybridized carbons (Fsp3) is 0.409. The Morgan fingerprint density at radius 2 is 1.72 bits per heavy atom. The lowest BCUT2D eigenvalue weighted by molar-refractivity contribution is 0.0838. The molecule has 132 valence electrons. The summed E-state index contributed by atoms with van der Waals surface area (Å²) in [5.41, 5.74) is 2.20. The van der Waals surface area contributed by atoms with Crippen molar-refractivity contribution in [1.82, 2.24) is 4.90 Å². The average molecular weight is 356 g/mol. The van der Waals surface area contributed by atoms with Gasteiger partial charge in [0.2, 0.25) is 0 Å². The summed E-state index contributed by atoms with van der Waals surface area (Å²) >= 11 is 5.91. The van der Waals surface area contributed by atoms with E-state index in [1.165, 1.54) is 12.0 Å². The highest BCUT2D eigenvalue weighted by Crippen LogP contribution is 2.24. The van der Waals surface area contributed by atoms with Gasteiger partial charge in [-0.2, -0.15) is 0 Å². The molecule has 0 bridgehead atoms. The monoisotopic (exact) mass is 355 g/mol. The first-order chi connectivity index (χ1) is 12.1. The summed E-state index contributed by atoms with van der Waals surface area (Å²) in [6.07, 6.45) is 3.09. The summed E-state index contributed by atoms with van der Waals surface area (Å²) in [7, 11) is 0. The number of ketones is 1. The van der Waals surface area contributed by atoms with Gasteiger partial charge in [-0.05, 0) is 74.6 Å². The molecular formula is C22H26ClNO. The van der Waals surface area contributed by atoms with Crippen LogP contribution in [0.1, 0.15) is 48.0 Å². The van der Waals surface area contributed by atoms with Crippen molar-refractivity contribution in [3.8, 4) is 0 Å². The Morgan fingerprint density at radius 1 is 1.08 bits per heavy atom. The number of piperidine rings is 1. The van der Waals surface area contributed by atoms with Gasteiger partial charge in [0.15, 0.2) is 5.78 Å². The predicted molar refractivity (Wildman–Crippen MR) is 104 cm³/mol. The molecule has 0 N–H and O–H groups in total. The van der Waals surface area contributed by atoms with Gasteiger partial charge in [-0.15, -0.1) is 0 Å². The van der Waals surface area contributed by atoms with E-state index in [-0.39, 0.29) is 11.7 Å². The van der Waals surface area contributed by atoms with E-state index in [4.69, 9.17) is 11.6 Å². The molecule has 0 amide bonds. The van der Waals surface area contributed by atoms with Crippen LogP contribution in [0.4, 0.5) is 0 Å². The van der Waals surface area contributed by atoms with Crippen LogP contribution < -0.4 is 0 Å². The summed E-state index contributed by atoms with van der Waals surface area (Å²) in [6, 6.07) is 18.0. The lowest BCUT2D eigenvalue weighted by Gasteiger charge is -2.32. The number of carbonyl (C=O) groups excluding carboxylic acids is 1. The van der Waals surface area contributed by atoms with Crippen molar-refractivity contribution < 1.29 is 4.79 Å². The summed E-state index contributed by atoms with van der Waals surface area (Å²) in [5.74, 6) is 1.01. The fourth-order valence-corrected chi connectivity index (χ4v) is 3.72. The molecule has 3 heteroatoms. The number of hydrogen-bond acceptors (Lipinski definition) is 2. The highest BCUT2D eigenvalue weighted by molar-refractivity contribution is 6.30. The van der Waals surface area contributed by atoms with Crippen LogP contribution in [-0.4, -0.2) is 30.3 Å². The van der Waals surface area contributed by atoms with Crippen LogP contribution in [0.25, 0.3) is 0 Å². The first kappa shape index (κ1) is 18.2. The van der Waals surface area contributed by atoms with Gasteiger partial charge in [0, 0.05) is 16.5 Å². The number of rotatable bonds is 6. The maximum atomic E-state index is 12.6. The van der Waals surface area contributed by atoms with Crippen LogP contribution >= 0.6 is 11.6 Å². The minimum absolute atomic E-state index is 0.156. The van der Waals surface area contributed by atoms with Crippen molar-refractivity contribution in [2.45, 2.75) is 32.1 Å². The summed E-state index contributed by atoms with van der Waals surface area (Å²) < 4.78 is 0. The van der Waals surface area contributed by atoms with Gasteiger partial charge in [0.25, 0.3) is 0 Å². The molecule has 1 saturated heterocycles. The third kappa shape index (κ3) is 4.93. The molecule has 0 saturated carbocycles. The minimum atomic E-state index is 0.156. The molecule has 0 aromatic heterocycles. The van der Waals surface area contributed by atoms with Crippen LogP contribution in [0.2, 0.25) is 5.02 Å². The van der Waals surface area contributed by atoms with Gasteiger partial charge in [-0.3, -0.25) is 4.79 Å². The Balaban J connectivity index is 1.45. The van der Waals surface area contributed by atoms with Crippen molar-refractivity contribution >= 4 is 17.4 Å². The summed E-state index contributed by atoms with van der Waals surface area (Å²) in [6.45, 7) is 5.45. The first-order valence-electron chi connectivity index (χ1n) is 9.20. The van der Waals surface area contributed by atoms with Gasteiger partial charge < -0.3 is 4.90 Å². The van der Waals surface area contributed by atoms with E-state index >= 15 is 0 Å². The minimum Gasteiger partial charge on any atom is -0.303 e. The zero-order valence-corrected chi connectivity index (χ0v) is 15.6. The second-order valence-electron chi connectivity index (χ2n) is 7.09. The molecule has 1 unspecified atom stereocenters. The molecule has 2 nitrogen and oxygen atoms in total. The van der Waals surface area contributed by atoms with Gasteiger partial charge in [-0.25, -0.2) is 0 Å². The standard InChI is InChI=1S/C22H26ClNO/c1-17(18-5-3-2-4-6-18)11-14-24-15-12-20(13-16-24)22(25)19-7-9-21(23)10-8-19/h2-10,17,20H,11-16H2,1H3. The number of nitrogens with zero attached hydrogens (tertiary/aromatic N) is 1. The normalized spacial score (nSPS) is 17.4. The molecule has 1 fully saturated rings. The van der Waals surface area contributed by atoms with E-state index in [2.05, 4.69) is 42.2 Å². The summed E-state index contributed by atoms with van der Waals surface area (Å²) in [5, 5.41) is 0.680. The number of halogens is 1. The van der Waals surface area contributed by atoms with Crippen LogP contribution in [-0.2, 0) is 0 Å². The second kappa shape index (κ2) is 8.64. The fourth-order valence-electron chi connectivity index (χ4n) is 3.59. The molecule has 1 heterocycles. The molecule has 1 atom stereocenters. The number of carbonyl (C=O) groups is 1. The van der Waals surface area contributed by atoms with Crippen molar-refractivity contribution in [2.75, 3.05) is 19.6 Å². The smallest absolute Gasteiger partial charge is 0.166 e. The topological polar surface area (TPSA) is 20.3 Å². The van der Waals surface area contributed by atoms with Crippen molar-refractivity contribution in [3.63, 3.8) is 0 Å². The van der Waals surface area contributed by atoms with Gasteiger partial charge in [0.1, 0.15) is 0 Å². The van der Waals surface area contributed by atoms with Crippen LogP contribution in [0, 0.1) is 5.92 Å². The van der Waals surface area contributed by atoms with E-state index in [1.807, 2.05) is 12.1 Å². The molecule has 0 radical (unpaired) electrons. The van der Waals surface area contributed by atoms with E-state index < -0.39 is 0 Å². The zero-order chi connectivity index (χ0) is 17.6. The molecule has 2 aromatic rings. The van der Waals surface area contributed by atoms with Crippen molar-refractivity contribution in [2.24, 2.45) is 5.92 Å². The van der Waals surface area contributed by atoms with Gasteiger partial charge >= 0.3 is 0 Å². The Kier molecular flexibility index (Phi) is 6.28. The number of hydrogen-bond donors (Lipinski definition) is 0. The van der Waals surface area contributed by atoms with E-state index in [1.54, 1.807) is 12.1 Å². The maximum Gasteiger partial charge on any atom is 0.166 e. The molecular weight excluding hydrogens is 330 g/mol. The largest absolute Gasteiger partial charge is 0.303 e. The van der Waals surface area contributed by atoms with E-state index in [0.717, 1.165) is 38.0 Å². The molecule has 2 aromatic carbocycles. The number of Topliss-reactive ketones (excluding diaryl/α,β-unsaturated/α-hetero) is 1. The van der Waals surface area contributed by atoms with Gasteiger partial charge in [-0.1, -0.05) is 48.9 Å². The van der Waals surface area contributed by atoms with Crippen molar-refractivity contribution in [3.05, 3.63) is 70.7 Å². The third-order valence-electron chi connectivity index (χ3n) is 5.33. The molecule has 25 heavy (non-hydrogen) atoms. The zero-order valence-electron chi connectivity index (χ0n) is 14.8. The lowest BCUT2D eigenvalue weighted by Crippen LogP contribution is -2.37. The molecule has 0 aliphatic carbocycles. The highest BCUT2D eigenvalue weighted by Gasteiger charge is 2.25. The SMILES string of the molecule is CC(CCN1CCC(C(=O)c2ccc(Cl)cc2)CC1)c1ccccc1. The van der Waals surface area contributed by atoms with Crippen LogP contribution in [0.5, 0.6) is 0 Å². The highest BCUT2D eigenvalue weighted by atomic mass is 35.5. The number of likely N-dealkylation sites (tertiary alicyclic amines) is 1. The van der Waals surface area contributed by atoms with Crippen molar-refractivity contribution in [1.29, 1.82) is 0 Å². The second-order valence-corrected chi connectivity index (χ2v) is 7.52. The maximum absolute atomic E-state index is 12.6. The Hall–Kier alpha value is -1.64. The lowest BCUT2D eigenvalue weighted by atomic mass is 9.88. The molecule has 1 aliphatic rings. The Bertz CT molecular complexity index is 675. The predicted octanol–water partition coefficient (Wildman–Crippen LogP) is 5.43. The first-order valence-corrected chi connectivity index (χ1v) is 9.58. The van der Waals surface area contributed by atoms with Crippen LogP contribution in [0.3, 0.4) is 0 Å². The Labute approximate surface area is 155 Å². The van der Waals surface area contributed by atoms with Gasteiger partial charge in [0.05, 0.1) is 0 Å². The third-order valence-corrected chi connectivity index (χ3v) is 5.59. The molecule has 3 rings (SSSR count). The Morgan fingerprint density at radius 3 is 2.36 bits per heavy atom. The number of benzene rings is 2. The van der Waals surface area contributed by atoms with Crippen LogP contribution in [0.15, 0.2) is 54.6 Å². The average Bonchev–Trinajstić information content (AvgIpc) is 2.67.